The van der Waals surface area contributed by atoms with E-state index in [9.17, 15) is 0 Å². The van der Waals surface area contributed by atoms with Crippen LogP contribution >= 0.6 is 22.6 Å². The number of likely N-dealkylation sites (tertiary alicyclic amines) is 1. The van der Waals surface area contributed by atoms with Gasteiger partial charge in [0.05, 0.1) is 23.1 Å². The molecule has 0 saturated carbocycles. The molecule has 100 valence electrons. The predicted octanol–water partition coefficient (Wildman–Crippen LogP) is 2.54. The fraction of sp³-hybridized carbons (Fsp3) is 0.357. The smallest absolute Gasteiger partial charge is 0.0743 e. The Balaban J connectivity index is 2.01. The first-order valence-corrected chi connectivity index (χ1v) is 7.50. The van der Waals surface area contributed by atoms with Crippen LogP contribution in [0.1, 0.15) is 6.42 Å². The Kier molecular flexibility index (Phi) is 3.49. The highest BCUT2D eigenvalue weighted by molar-refractivity contribution is 14.1. The molecule has 1 fully saturated rings. The summed E-state index contributed by atoms with van der Waals surface area (Å²) in [5.41, 5.74) is 8.86. The zero-order valence-electron chi connectivity index (χ0n) is 10.9. The third-order valence-electron chi connectivity index (χ3n) is 3.60. The van der Waals surface area contributed by atoms with Crippen molar-refractivity contribution in [3.8, 4) is 0 Å². The molecule has 5 heteroatoms. The Morgan fingerprint density at radius 2 is 2.32 bits per heavy atom. The molecule has 0 radical (unpaired) electrons. The SMILES string of the molecule is CN1CC[C@H](Nc2c(N)cnc3ccc(I)cc23)C1. The number of anilines is 2. The Hall–Kier alpha value is -1.08. The average molecular weight is 368 g/mol. The molecule has 1 saturated heterocycles. The van der Waals surface area contributed by atoms with E-state index in [-0.39, 0.29) is 0 Å². The van der Waals surface area contributed by atoms with Gasteiger partial charge in [0.25, 0.3) is 0 Å². The molecular weight excluding hydrogens is 351 g/mol. The Bertz CT molecular complexity index is 608. The van der Waals surface area contributed by atoms with Gasteiger partial charge in [-0.05, 0) is 60.8 Å². The second kappa shape index (κ2) is 5.13. The number of hydrogen-bond donors (Lipinski definition) is 2. The zero-order valence-corrected chi connectivity index (χ0v) is 13.0. The molecule has 3 rings (SSSR count). The number of rotatable bonds is 2. The number of aromatic nitrogens is 1. The summed E-state index contributed by atoms with van der Waals surface area (Å²) in [5, 5.41) is 4.71. The highest BCUT2D eigenvalue weighted by Crippen LogP contribution is 2.30. The highest BCUT2D eigenvalue weighted by atomic mass is 127. The number of halogens is 1. The summed E-state index contributed by atoms with van der Waals surface area (Å²) in [6, 6.07) is 6.72. The molecule has 0 spiro atoms. The van der Waals surface area contributed by atoms with Crippen LogP contribution in [-0.4, -0.2) is 36.1 Å². The molecule has 1 aromatic heterocycles. The summed E-state index contributed by atoms with van der Waals surface area (Å²) in [6.07, 6.45) is 2.90. The maximum Gasteiger partial charge on any atom is 0.0743 e. The molecule has 3 N–H and O–H groups in total. The third kappa shape index (κ3) is 2.62. The van der Waals surface area contributed by atoms with Gasteiger partial charge in [0.2, 0.25) is 0 Å². The van der Waals surface area contributed by atoms with E-state index < -0.39 is 0 Å². The number of nitrogen functional groups attached to an aromatic ring is 1. The summed E-state index contributed by atoms with van der Waals surface area (Å²) >= 11 is 2.32. The largest absolute Gasteiger partial charge is 0.396 e. The van der Waals surface area contributed by atoms with Crippen molar-refractivity contribution in [2.75, 3.05) is 31.2 Å². The van der Waals surface area contributed by atoms with Crippen LogP contribution in [-0.2, 0) is 0 Å². The first kappa shape index (κ1) is 12.9. The van der Waals surface area contributed by atoms with Crippen molar-refractivity contribution in [2.24, 2.45) is 0 Å². The van der Waals surface area contributed by atoms with Gasteiger partial charge < -0.3 is 16.0 Å². The second-order valence-electron chi connectivity index (χ2n) is 5.14. The first-order valence-electron chi connectivity index (χ1n) is 6.42. The number of pyridine rings is 1. The minimum Gasteiger partial charge on any atom is -0.396 e. The molecule has 1 atom stereocenters. The van der Waals surface area contributed by atoms with Crippen LogP contribution in [0, 0.1) is 3.57 Å². The average Bonchev–Trinajstić information content (AvgIpc) is 2.79. The van der Waals surface area contributed by atoms with E-state index in [0.717, 1.165) is 41.8 Å². The summed E-state index contributed by atoms with van der Waals surface area (Å²) < 4.78 is 1.20. The van der Waals surface area contributed by atoms with Crippen LogP contribution in [0.3, 0.4) is 0 Å². The van der Waals surface area contributed by atoms with Gasteiger partial charge in [0.15, 0.2) is 0 Å². The zero-order chi connectivity index (χ0) is 13.4. The topological polar surface area (TPSA) is 54.2 Å². The van der Waals surface area contributed by atoms with Crippen molar-refractivity contribution in [2.45, 2.75) is 12.5 Å². The standard InChI is InChI=1S/C14H17IN4/c1-19-5-4-10(8-19)18-14-11-6-9(15)2-3-13(11)17-7-12(14)16/h2-3,6-7,10H,4-5,8,16H2,1H3,(H,17,18)/t10-/m0/s1. The summed E-state index contributed by atoms with van der Waals surface area (Å²) in [7, 11) is 2.15. The van der Waals surface area contributed by atoms with E-state index in [2.05, 4.69) is 57.0 Å². The molecule has 1 aliphatic heterocycles. The van der Waals surface area contributed by atoms with Crippen molar-refractivity contribution in [3.63, 3.8) is 0 Å². The second-order valence-corrected chi connectivity index (χ2v) is 6.39. The van der Waals surface area contributed by atoms with Gasteiger partial charge >= 0.3 is 0 Å². The number of nitrogens with zero attached hydrogens (tertiary/aromatic N) is 2. The normalized spacial score (nSPS) is 20.0. The van der Waals surface area contributed by atoms with Gasteiger partial charge in [0.1, 0.15) is 0 Å². The number of nitrogens with one attached hydrogen (secondary N) is 1. The number of likely N-dealkylation sites (N-methyl/N-ethyl adjacent to an activating group) is 1. The maximum atomic E-state index is 6.11. The summed E-state index contributed by atoms with van der Waals surface area (Å²) in [5.74, 6) is 0. The molecular formula is C14H17IN4. The molecule has 0 bridgehead atoms. The minimum atomic E-state index is 0.468. The number of hydrogen-bond acceptors (Lipinski definition) is 4. The van der Waals surface area contributed by atoms with Crippen molar-refractivity contribution in [3.05, 3.63) is 28.0 Å². The Labute approximate surface area is 126 Å². The van der Waals surface area contributed by atoms with E-state index >= 15 is 0 Å². The lowest BCUT2D eigenvalue weighted by atomic mass is 10.1. The van der Waals surface area contributed by atoms with E-state index in [1.54, 1.807) is 6.20 Å². The molecule has 2 aromatic rings. The van der Waals surface area contributed by atoms with Crippen molar-refractivity contribution in [1.29, 1.82) is 0 Å². The monoisotopic (exact) mass is 368 g/mol. The quantitative estimate of drug-likeness (QED) is 0.800. The highest BCUT2D eigenvalue weighted by Gasteiger charge is 2.20. The van der Waals surface area contributed by atoms with Crippen LogP contribution in [0.2, 0.25) is 0 Å². The van der Waals surface area contributed by atoms with E-state index in [1.165, 1.54) is 3.57 Å². The van der Waals surface area contributed by atoms with Gasteiger partial charge in [-0.1, -0.05) is 0 Å². The van der Waals surface area contributed by atoms with E-state index in [4.69, 9.17) is 5.73 Å². The fourth-order valence-electron chi connectivity index (χ4n) is 2.60. The van der Waals surface area contributed by atoms with Crippen molar-refractivity contribution in [1.82, 2.24) is 9.88 Å². The van der Waals surface area contributed by atoms with Crippen molar-refractivity contribution < 1.29 is 0 Å². The van der Waals surface area contributed by atoms with Crippen LogP contribution in [0.4, 0.5) is 11.4 Å². The lowest BCUT2D eigenvalue weighted by Gasteiger charge is -2.17. The number of nitrogens with two attached hydrogens (primary N) is 1. The lowest BCUT2D eigenvalue weighted by molar-refractivity contribution is 0.414. The Morgan fingerprint density at radius 3 is 3.05 bits per heavy atom. The molecule has 0 aliphatic carbocycles. The predicted molar refractivity (Wildman–Crippen MR) is 88.4 cm³/mol. The molecule has 1 aliphatic rings. The molecule has 4 nitrogen and oxygen atoms in total. The van der Waals surface area contributed by atoms with Crippen LogP contribution in [0.15, 0.2) is 24.4 Å². The first-order chi connectivity index (χ1) is 9.13. The van der Waals surface area contributed by atoms with Gasteiger partial charge in [0, 0.05) is 21.5 Å². The number of fused-ring (bicyclic) bond motifs is 1. The summed E-state index contributed by atoms with van der Waals surface area (Å²) in [4.78, 5) is 6.73. The molecule has 0 amide bonds. The summed E-state index contributed by atoms with van der Waals surface area (Å²) in [6.45, 7) is 2.20. The maximum absolute atomic E-state index is 6.11. The van der Waals surface area contributed by atoms with E-state index in [1.807, 2.05) is 6.07 Å². The van der Waals surface area contributed by atoms with Crippen LogP contribution < -0.4 is 11.1 Å². The molecule has 19 heavy (non-hydrogen) atoms. The van der Waals surface area contributed by atoms with Gasteiger partial charge in [-0.2, -0.15) is 0 Å². The lowest BCUT2D eigenvalue weighted by Crippen LogP contribution is -2.24. The minimum absolute atomic E-state index is 0.468. The van der Waals surface area contributed by atoms with Crippen LogP contribution in [0.5, 0.6) is 0 Å². The fourth-order valence-corrected chi connectivity index (χ4v) is 3.09. The molecule has 1 aromatic carbocycles. The molecule has 0 unspecified atom stereocenters. The number of benzene rings is 1. The Morgan fingerprint density at radius 1 is 1.47 bits per heavy atom. The van der Waals surface area contributed by atoms with E-state index in [0.29, 0.717) is 6.04 Å². The van der Waals surface area contributed by atoms with Crippen LogP contribution in [0.25, 0.3) is 10.9 Å². The molecule has 2 heterocycles. The van der Waals surface area contributed by atoms with Crippen molar-refractivity contribution >= 4 is 44.9 Å². The van der Waals surface area contributed by atoms with Gasteiger partial charge in [-0.3, -0.25) is 4.98 Å². The van der Waals surface area contributed by atoms with Gasteiger partial charge in [-0.25, -0.2) is 0 Å². The third-order valence-corrected chi connectivity index (χ3v) is 4.27. The van der Waals surface area contributed by atoms with Gasteiger partial charge in [-0.15, -0.1) is 0 Å².